The second kappa shape index (κ2) is 7.30. The number of rotatable bonds is 7. The molecule has 3 rings (SSSR count). The van der Waals surface area contributed by atoms with Crippen LogP contribution in [0.3, 0.4) is 0 Å². The van der Waals surface area contributed by atoms with E-state index in [2.05, 4.69) is 0 Å². The molecule has 1 aliphatic carbocycles. The minimum atomic E-state index is -3.71. The van der Waals surface area contributed by atoms with Crippen LogP contribution in [-0.4, -0.2) is 31.9 Å². The van der Waals surface area contributed by atoms with Gasteiger partial charge in [-0.05, 0) is 43.7 Å². The fourth-order valence-corrected chi connectivity index (χ4v) is 6.46. The number of ether oxygens (including phenoxy) is 1. The summed E-state index contributed by atoms with van der Waals surface area (Å²) in [5, 5.41) is -0.845. The third-order valence-electron chi connectivity index (χ3n) is 5.17. The molecule has 2 N–H and O–H groups in total. The molecular formula is C20H22FNO3S2. The standard InChI is InChI=1S/C20H22FNO3S2/c1-3-25-12-20(19(22)26)17(14-6-8-15(21)9-7-14)18(20)27(23,24)16-10-4-13(2)5-11-16/h4-11,17-18H,3,12H2,1-2H3,(H2,22,26). The number of thiocarbonyl (C=S) groups is 1. The molecule has 1 fully saturated rings. The van der Waals surface area contributed by atoms with Crippen LogP contribution in [0.2, 0.25) is 0 Å². The van der Waals surface area contributed by atoms with E-state index in [1.54, 1.807) is 36.4 Å². The Morgan fingerprint density at radius 3 is 2.30 bits per heavy atom. The number of nitrogens with two attached hydrogens (primary N) is 1. The van der Waals surface area contributed by atoms with Crippen LogP contribution in [0.5, 0.6) is 0 Å². The average Bonchev–Trinajstić information content (AvgIpc) is 3.32. The third kappa shape index (κ3) is 3.39. The zero-order valence-corrected chi connectivity index (χ0v) is 16.8. The van der Waals surface area contributed by atoms with Crippen molar-refractivity contribution in [2.75, 3.05) is 13.2 Å². The van der Waals surface area contributed by atoms with Gasteiger partial charge in [-0.15, -0.1) is 0 Å². The predicted molar refractivity (Wildman–Crippen MR) is 107 cm³/mol. The lowest BCUT2D eigenvalue weighted by Gasteiger charge is -2.17. The molecule has 0 aliphatic heterocycles. The molecule has 0 aromatic heterocycles. The maximum Gasteiger partial charge on any atom is 0.182 e. The zero-order valence-electron chi connectivity index (χ0n) is 15.2. The third-order valence-corrected chi connectivity index (χ3v) is 7.84. The van der Waals surface area contributed by atoms with E-state index in [4.69, 9.17) is 22.7 Å². The molecule has 2 aromatic rings. The Hall–Kier alpha value is -1.83. The number of halogens is 1. The van der Waals surface area contributed by atoms with E-state index in [1.165, 1.54) is 12.1 Å². The molecule has 2 aromatic carbocycles. The Labute approximate surface area is 164 Å². The van der Waals surface area contributed by atoms with E-state index in [1.807, 2.05) is 13.8 Å². The second-order valence-electron chi connectivity index (χ2n) is 6.85. The summed E-state index contributed by atoms with van der Waals surface area (Å²) in [7, 11) is -3.71. The van der Waals surface area contributed by atoms with Crippen molar-refractivity contribution >= 4 is 27.0 Å². The van der Waals surface area contributed by atoms with Gasteiger partial charge in [-0.3, -0.25) is 0 Å². The first-order valence-corrected chi connectivity index (χ1v) is 10.6. The normalized spacial score (nSPS) is 24.6. The highest BCUT2D eigenvalue weighted by Crippen LogP contribution is 2.64. The highest BCUT2D eigenvalue weighted by Gasteiger charge is 2.73. The van der Waals surface area contributed by atoms with Gasteiger partial charge >= 0.3 is 0 Å². The van der Waals surface area contributed by atoms with Crippen LogP contribution in [0.25, 0.3) is 0 Å². The summed E-state index contributed by atoms with van der Waals surface area (Å²) >= 11 is 5.29. The van der Waals surface area contributed by atoms with Crippen LogP contribution in [0.15, 0.2) is 53.4 Å². The molecule has 144 valence electrons. The zero-order chi connectivity index (χ0) is 19.8. The van der Waals surface area contributed by atoms with Crippen molar-refractivity contribution < 1.29 is 17.5 Å². The fraction of sp³-hybridized carbons (Fsp3) is 0.350. The van der Waals surface area contributed by atoms with Gasteiger partial charge in [0.15, 0.2) is 9.84 Å². The van der Waals surface area contributed by atoms with Crippen molar-refractivity contribution in [3.05, 3.63) is 65.5 Å². The van der Waals surface area contributed by atoms with E-state index in [-0.39, 0.29) is 22.3 Å². The van der Waals surface area contributed by atoms with E-state index >= 15 is 0 Å². The minimum absolute atomic E-state index is 0.103. The molecule has 0 bridgehead atoms. The van der Waals surface area contributed by atoms with Crippen LogP contribution >= 0.6 is 12.2 Å². The second-order valence-corrected chi connectivity index (χ2v) is 9.36. The summed E-state index contributed by atoms with van der Waals surface area (Å²) in [4.78, 5) is 0.325. The Bertz CT molecular complexity index is 942. The molecule has 1 aliphatic rings. The summed E-state index contributed by atoms with van der Waals surface area (Å²) in [5.74, 6) is -0.864. The lowest BCUT2D eigenvalue weighted by Crippen LogP contribution is -2.33. The molecule has 3 atom stereocenters. The summed E-state index contributed by atoms with van der Waals surface area (Å²) in [6.45, 7) is 4.24. The Morgan fingerprint density at radius 1 is 1.19 bits per heavy atom. The topological polar surface area (TPSA) is 69.4 Å². The SMILES string of the molecule is CCOCC1(C(N)=S)C(c2ccc(F)cc2)C1S(=O)(=O)c1ccc(C)cc1. The van der Waals surface area contributed by atoms with Gasteiger partial charge < -0.3 is 10.5 Å². The average molecular weight is 408 g/mol. The van der Waals surface area contributed by atoms with Crippen molar-refractivity contribution in [2.45, 2.75) is 29.9 Å². The van der Waals surface area contributed by atoms with Crippen molar-refractivity contribution in [3.63, 3.8) is 0 Å². The molecule has 4 nitrogen and oxygen atoms in total. The maximum absolute atomic E-state index is 13.4. The smallest absolute Gasteiger partial charge is 0.182 e. The molecular weight excluding hydrogens is 385 g/mol. The Morgan fingerprint density at radius 2 is 1.78 bits per heavy atom. The summed E-state index contributed by atoms with van der Waals surface area (Å²) < 4.78 is 45.7. The molecule has 0 saturated heterocycles. The van der Waals surface area contributed by atoms with Crippen LogP contribution in [-0.2, 0) is 14.6 Å². The molecule has 0 spiro atoms. The minimum Gasteiger partial charge on any atom is -0.393 e. The first-order chi connectivity index (χ1) is 12.7. The Kier molecular flexibility index (Phi) is 5.38. The first kappa shape index (κ1) is 19.9. The lowest BCUT2D eigenvalue weighted by molar-refractivity contribution is 0.121. The highest BCUT2D eigenvalue weighted by atomic mass is 32.2. The van der Waals surface area contributed by atoms with Gasteiger partial charge in [0.1, 0.15) is 5.82 Å². The molecule has 3 unspecified atom stereocenters. The van der Waals surface area contributed by atoms with Gasteiger partial charge in [-0.25, -0.2) is 12.8 Å². The summed E-state index contributed by atoms with van der Waals surface area (Å²) in [6.07, 6.45) is 0. The van der Waals surface area contributed by atoms with Crippen LogP contribution in [0, 0.1) is 18.2 Å². The number of aryl methyl sites for hydroxylation is 1. The maximum atomic E-state index is 13.4. The molecule has 27 heavy (non-hydrogen) atoms. The van der Waals surface area contributed by atoms with Gasteiger partial charge in [0.25, 0.3) is 0 Å². The van der Waals surface area contributed by atoms with Gasteiger partial charge in [-0.1, -0.05) is 42.0 Å². The van der Waals surface area contributed by atoms with Crippen molar-refractivity contribution in [3.8, 4) is 0 Å². The number of benzene rings is 2. The van der Waals surface area contributed by atoms with E-state index < -0.39 is 26.4 Å². The van der Waals surface area contributed by atoms with E-state index in [0.29, 0.717) is 12.2 Å². The van der Waals surface area contributed by atoms with Gasteiger partial charge in [0.2, 0.25) is 0 Å². The summed E-state index contributed by atoms with van der Waals surface area (Å²) in [6, 6.07) is 12.5. The van der Waals surface area contributed by atoms with Crippen molar-refractivity contribution in [1.29, 1.82) is 0 Å². The monoisotopic (exact) mass is 407 g/mol. The molecule has 0 amide bonds. The van der Waals surface area contributed by atoms with Gasteiger partial charge in [0, 0.05) is 12.5 Å². The lowest BCUT2D eigenvalue weighted by atomic mass is 10.00. The first-order valence-electron chi connectivity index (χ1n) is 8.69. The number of hydrogen-bond acceptors (Lipinski definition) is 4. The van der Waals surface area contributed by atoms with Crippen molar-refractivity contribution in [2.24, 2.45) is 11.1 Å². The van der Waals surface area contributed by atoms with E-state index in [0.717, 1.165) is 5.56 Å². The molecule has 0 radical (unpaired) electrons. The van der Waals surface area contributed by atoms with Crippen LogP contribution in [0.4, 0.5) is 4.39 Å². The van der Waals surface area contributed by atoms with Crippen LogP contribution in [0.1, 0.15) is 24.0 Å². The van der Waals surface area contributed by atoms with Crippen LogP contribution < -0.4 is 5.73 Å². The largest absolute Gasteiger partial charge is 0.393 e. The quantitative estimate of drug-likeness (QED) is 0.713. The van der Waals surface area contributed by atoms with Gasteiger partial charge in [0.05, 0.1) is 27.2 Å². The molecule has 1 saturated carbocycles. The Balaban J connectivity index is 2.10. The number of hydrogen-bond donors (Lipinski definition) is 1. The number of sulfone groups is 1. The summed E-state index contributed by atoms with van der Waals surface area (Å²) in [5.41, 5.74) is 6.68. The highest BCUT2D eigenvalue weighted by molar-refractivity contribution is 7.92. The molecule has 7 heteroatoms. The predicted octanol–water partition coefficient (Wildman–Crippen LogP) is 3.38. The van der Waals surface area contributed by atoms with Gasteiger partial charge in [-0.2, -0.15) is 0 Å². The van der Waals surface area contributed by atoms with Crippen molar-refractivity contribution in [1.82, 2.24) is 0 Å². The fourth-order valence-electron chi connectivity index (χ4n) is 3.69. The van der Waals surface area contributed by atoms with E-state index in [9.17, 15) is 12.8 Å². The molecule has 0 heterocycles.